The van der Waals surface area contributed by atoms with Crippen molar-refractivity contribution < 1.29 is 4.79 Å². The van der Waals surface area contributed by atoms with E-state index in [-0.39, 0.29) is 0 Å². The van der Waals surface area contributed by atoms with E-state index in [1.54, 1.807) is 12.1 Å². The maximum atomic E-state index is 11.3. The predicted molar refractivity (Wildman–Crippen MR) is 99.4 cm³/mol. The standard InChI is InChI=1S/C21H18ClNO/c22-21(24)19-11-13-20(14-12-19)23(15-17-7-3-1-4-8-17)16-18-9-5-2-6-10-18/h1-14H,15-16H2. The van der Waals surface area contributed by atoms with E-state index in [0.717, 1.165) is 18.8 Å². The van der Waals surface area contributed by atoms with Crippen LogP contribution in [0.2, 0.25) is 0 Å². The lowest BCUT2D eigenvalue weighted by atomic mass is 10.1. The Morgan fingerprint density at radius 2 is 1.17 bits per heavy atom. The molecular formula is C21H18ClNO. The SMILES string of the molecule is O=C(Cl)c1ccc(N(Cc2ccccc2)Cc2ccccc2)cc1. The Bertz CT molecular complexity index is 744. The third kappa shape index (κ3) is 4.24. The summed E-state index contributed by atoms with van der Waals surface area (Å²) in [5.41, 5.74) is 4.06. The minimum atomic E-state index is -0.431. The van der Waals surface area contributed by atoms with Crippen LogP contribution in [0.15, 0.2) is 84.9 Å². The Balaban J connectivity index is 1.87. The van der Waals surface area contributed by atoms with E-state index in [4.69, 9.17) is 11.6 Å². The first-order valence-electron chi connectivity index (χ1n) is 7.85. The van der Waals surface area contributed by atoms with Gasteiger partial charge in [0, 0.05) is 24.3 Å². The monoisotopic (exact) mass is 335 g/mol. The number of rotatable bonds is 6. The van der Waals surface area contributed by atoms with E-state index < -0.39 is 5.24 Å². The minimum Gasteiger partial charge on any atom is -0.363 e. The average Bonchev–Trinajstić information content (AvgIpc) is 2.63. The van der Waals surface area contributed by atoms with Gasteiger partial charge in [-0.3, -0.25) is 4.79 Å². The van der Waals surface area contributed by atoms with E-state index >= 15 is 0 Å². The number of carbonyl (C=O) groups is 1. The first-order chi connectivity index (χ1) is 11.7. The second-order valence-electron chi connectivity index (χ2n) is 5.65. The van der Waals surface area contributed by atoms with E-state index in [9.17, 15) is 4.79 Å². The lowest BCUT2D eigenvalue weighted by Gasteiger charge is -2.25. The van der Waals surface area contributed by atoms with Gasteiger partial charge in [0.15, 0.2) is 0 Å². The predicted octanol–water partition coefficient (Wildman–Crippen LogP) is 5.27. The van der Waals surface area contributed by atoms with Crippen LogP contribution in [0, 0.1) is 0 Å². The van der Waals surface area contributed by atoms with Crippen molar-refractivity contribution in [3.63, 3.8) is 0 Å². The molecule has 0 fully saturated rings. The molecule has 2 nitrogen and oxygen atoms in total. The van der Waals surface area contributed by atoms with Gasteiger partial charge in [0.2, 0.25) is 0 Å². The summed E-state index contributed by atoms with van der Waals surface area (Å²) in [4.78, 5) is 13.5. The molecular weight excluding hydrogens is 318 g/mol. The van der Waals surface area contributed by atoms with E-state index in [1.807, 2.05) is 48.5 Å². The number of hydrogen-bond donors (Lipinski definition) is 0. The zero-order valence-corrected chi connectivity index (χ0v) is 14.0. The summed E-state index contributed by atoms with van der Waals surface area (Å²) in [6.07, 6.45) is 0. The summed E-state index contributed by atoms with van der Waals surface area (Å²) in [6.45, 7) is 1.59. The van der Waals surface area contributed by atoms with Gasteiger partial charge in [-0.15, -0.1) is 0 Å². The van der Waals surface area contributed by atoms with Gasteiger partial charge in [-0.2, -0.15) is 0 Å². The molecule has 3 aromatic carbocycles. The van der Waals surface area contributed by atoms with E-state index in [2.05, 4.69) is 29.2 Å². The van der Waals surface area contributed by atoms with Crippen LogP contribution in [-0.4, -0.2) is 5.24 Å². The Labute approximate surface area is 147 Å². The highest BCUT2D eigenvalue weighted by atomic mass is 35.5. The van der Waals surface area contributed by atoms with Gasteiger partial charge < -0.3 is 4.90 Å². The van der Waals surface area contributed by atoms with Gasteiger partial charge in [-0.05, 0) is 47.0 Å². The normalized spacial score (nSPS) is 10.4. The summed E-state index contributed by atoms with van der Waals surface area (Å²) in [5.74, 6) is 0. The molecule has 0 aliphatic carbocycles. The Hall–Kier alpha value is -2.58. The fourth-order valence-electron chi connectivity index (χ4n) is 2.65. The third-order valence-corrected chi connectivity index (χ3v) is 4.11. The van der Waals surface area contributed by atoms with Crippen molar-refractivity contribution in [3.05, 3.63) is 102 Å². The number of benzene rings is 3. The van der Waals surface area contributed by atoms with Gasteiger partial charge in [0.05, 0.1) is 0 Å². The minimum absolute atomic E-state index is 0.431. The van der Waals surface area contributed by atoms with Crippen LogP contribution in [0.25, 0.3) is 0 Å². The molecule has 0 unspecified atom stereocenters. The Kier molecular flexibility index (Phi) is 5.29. The van der Waals surface area contributed by atoms with Crippen LogP contribution in [0.3, 0.4) is 0 Å². The fourth-order valence-corrected chi connectivity index (χ4v) is 2.78. The molecule has 0 bridgehead atoms. The second-order valence-corrected chi connectivity index (χ2v) is 5.99. The summed E-state index contributed by atoms with van der Waals surface area (Å²) in [6, 6.07) is 28.1. The van der Waals surface area contributed by atoms with Crippen molar-refractivity contribution in [1.29, 1.82) is 0 Å². The Morgan fingerprint density at radius 1 is 0.708 bits per heavy atom. The maximum absolute atomic E-state index is 11.3. The summed E-state index contributed by atoms with van der Waals surface area (Å²) >= 11 is 5.54. The first kappa shape index (κ1) is 16.3. The number of nitrogens with zero attached hydrogens (tertiary/aromatic N) is 1. The molecule has 0 aliphatic rings. The smallest absolute Gasteiger partial charge is 0.252 e. The van der Waals surface area contributed by atoms with Crippen molar-refractivity contribution in [1.82, 2.24) is 0 Å². The van der Waals surface area contributed by atoms with Crippen LogP contribution >= 0.6 is 11.6 Å². The van der Waals surface area contributed by atoms with E-state index in [0.29, 0.717) is 5.56 Å². The van der Waals surface area contributed by atoms with Crippen LogP contribution in [0.4, 0.5) is 5.69 Å². The molecule has 0 saturated carbocycles. The van der Waals surface area contributed by atoms with Gasteiger partial charge in [-0.25, -0.2) is 0 Å². The molecule has 0 atom stereocenters. The van der Waals surface area contributed by atoms with Gasteiger partial charge in [-0.1, -0.05) is 60.7 Å². The molecule has 0 aromatic heterocycles. The van der Waals surface area contributed by atoms with Gasteiger partial charge >= 0.3 is 0 Å². The molecule has 3 aromatic rings. The molecule has 0 radical (unpaired) electrons. The van der Waals surface area contributed by atoms with Crippen molar-refractivity contribution in [2.45, 2.75) is 13.1 Å². The quantitative estimate of drug-likeness (QED) is 0.572. The third-order valence-electron chi connectivity index (χ3n) is 3.89. The average molecular weight is 336 g/mol. The number of anilines is 1. The van der Waals surface area contributed by atoms with Gasteiger partial charge in [0.25, 0.3) is 5.24 Å². The summed E-state index contributed by atoms with van der Waals surface area (Å²) < 4.78 is 0. The van der Waals surface area contributed by atoms with Crippen molar-refractivity contribution >= 4 is 22.5 Å². The lowest BCUT2D eigenvalue weighted by Crippen LogP contribution is -2.22. The van der Waals surface area contributed by atoms with Crippen LogP contribution in [-0.2, 0) is 13.1 Å². The van der Waals surface area contributed by atoms with Crippen LogP contribution in [0.1, 0.15) is 21.5 Å². The molecule has 0 spiro atoms. The molecule has 3 heteroatoms. The molecule has 24 heavy (non-hydrogen) atoms. The highest BCUT2D eigenvalue weighted by Gasteiger charge is 2.10. The number of halogens is 1. The highest BCUT2D eigenvalue weighted by Crippen LogP contribution is 2.21. The maximum Gasteiger partial charge on any atom is 0.252 e. The van der Waals surface area contributed by atoms with Crippen LogP contribution < -0.4 is 4.90 Å². The fraction of sp³-hybridized carbons (Fsp3) is 0.0952. The molecule has 0 saturated heterocycles. The van der Waals surface area contributed by atoms with Crippen molar-refractivity contribution in [3.8, 4) is 0 Å². The first-order valence-corrected chi connectivity index (χ1v) is 8.23. The lowest BCUT2D eigenvalue weighted by molar-refractivity contribution is 0.108. The molecule has 0 N–H and O–H groups in total. The second kappa shape index (κ2) is 7.80. The van der Waals surface area contributed by atoms with E-state index in [1.165, 1.54) is 11.1 Å². The molecule has 3 rings (SSSR count). The van der Waals surface area contributed by atoms with Crippen molar-refractivity contribution in [2.75, 3.05) is 4.90 Å². The Morgan fingerprint density at radius 3 is 1.58 bits per heavy atom. The number of hydrogen-bond acceptors (Lipinski definition) is 2. The zero-order chi connectivity index (χ0) is 16.8. The van der Waals surface area contributed by atoms with Gasteiger partial charge in [0.1, 0.15) is 0 Å². The van der Waals surface area contributed by atoms with Crippen LogP contribution in [0.5, 0.6) is 0 Å². The summed E-state index contributed by atoms with van der Waals surface area (Å²) in [7, 11) is 0. The zero-order valence-electron chi connectivity index (χ0n) is 13.2. The van der Waals surface area contributed by atoms with Crippen molar-refractivity contribution in [2.24, 2.45) is 0 Å². The molecule has 0 heterocycles. The molecule has 120 valence electrons. The largest absolute Gasteiger partial charge is 0.363 e. The molecule has 0 amide bonds. The number of carbonyl (C=O) groups excluding carboxylic acids is 1. The molecule has 0 aliphatic heterocycles. The highest BCUT2D eigenvalue weighted by molar-refractivity contribution is 6.67. The topological polar surface area (TPSA) is 20.3 Å². The summed E-state index contributed by atoms with van der Waals surface area (Å²) in [5, 5.41) is -0.431.